The van der Waals surface area contributed by atoms with E-state index < -0.39 is 0 Å². The third-order valence-electron chi connectivity index (χ3n) is 4.00. The van der Waals surface area contributed by atoms with Gasteiger partial charge in [-0.2, -0.15) is 0 Å². The van der Waals surface area contributed by atoms with Gasteiger partial charge in [-0.1, -0.05) is 20.8 Å². The lowest BCUT2D eigenvalue weighted by atomic mass is 9.91. The molecule has 1 aromatic heterocycles. The van der Waals surface area contributed by atoms with Crippen LogP contribution in [0.1, 0.15) is 46.1 Å². The first-order valence-electron chi connectivity index (χ1n) is 7.29. The fraction of sp³-hybridized carbons (Fsp3) is 0.733. The molecule has 5 heteroatoms. The Bertz CT molecular complexity index is 521. The smallest absolute Gasteiger partial charge is 0.251 e. The molecule has 0 amide bonds. The number of hydrogen-bond donors (Lipinski definition) is 2. The van der Waals surface area contributed by atoms with Crippen molar-refractivity contribution < 1.29 is 0 Å². The van der Waals surface area contributed by atoms with E-state index in [4.69, 9.17) is 4.98 Å². The highest BCUT2D eigenvalue weighted by Crippen LogP contribution is 2.26. The Kier molecular flexibility index (Phi) is 4.02. The van der Waals surface area contributed by atoms with E-state index >= 15 is 0 Å². The molecule has 20 heavy (non-hydrogen) atoms. The molecule has 5 nitrogen and oxygen atoms in total. The Morgan fingerprint density at radius 2 is 1.75 bits per heavy atom. The van der Waals surface area contributed by atoms with Gasteiger partial charge >= 0.3 is 0 Å². The summed E-state index contributed by atoms with van der Waals surface area (Å²) in [6.07, 6.45) is 0. The summed E-state index contributed by atoms with van der Waals surface area (Å²) in [5.74, 6) is 0.761. The van der Waals surface area contributed by atoms with E-state index in [0.29, 0.717) is 0 Å². The Morgan fingerprint density at radius 1 is 1.15 bits per heavy atom. The monoisotopic (exact) mass is 278 g/mol. The predicted octanol–water partition coefficient (Wildman–Crippen LogP) is 1.21. The topological polar surface area (TPSA) is 61.0 Å². The minimum absolute atomic E-state index is 0.0665. The molecule has 112 valence electrons. The van der Waals surface area contributed by atoms with E-state index in [9.17, 15) is 4.79 Å². The van der Waals surface area contributed by atoms with Crippen LogP contribution < -0.4 is 10.9 Å². The molecule has 2 rings (SSSR count). The number of aromatic nitrogens is 2. The summed E-state index contributed by atoms with van der Waals surface area (Å²) in [5.41, 5.74) is 0.396. The Morgan fingerprint density at radius 3 is 2.30 bits per heavy atom. The number of piperazine rings is 1. The Balaban J connectivity index is 2.40. The number of H-pyrrole nitrogens is 1. The molecule has 0 atom stereocenters. The molecule has 1 aliphatic rings. The van der Waals surface area contributed by atoms with Crippen LogP contribution in [0.25, 0.3) is 0 Å². The minimum Gasteiger partial charge on any atom is -0.314 e. The summed E-state index contributed by atoms with van der Waals surface area (Å²) < 4.78 is 0. The summed E-state index contributed by atoms with van der Waals surface area (Å²) in [5, 5.41) is 3.35. The van der Waals surface area contributed by atoms with Gasteiger partial charge < -0.3 is 10.3 Å². The average Bonchev–Trinajstić information content (AvgIpc) is 2.38. The highest BCUT2D eigenvalue weighted by atomic mass is 16.1. The van der Waals surface area contributed by atoms with Crippen LogP contribution in [-0.2, 0) is 11.0 Å². The van der Waals surface area contributed by atoms with Gasteiger partial charge in [-0.05, 0) is 13.8 Å². The van der Waals surface area contributed by atoms with Crippen molar-refractivity contribution in [1.29, 1.82) is 0 Å². The van der Waals surface area contributed by atoms with Crippen molar-refractivity contribution in [1.82, 2.24) is 20.2 Å². The number of aromatic amines is 1. The SMILES string of the molecule is CC(C)(C)c1cc(=O)[nH]c(C(C)(C)N2CCNCC2)n1. The second-order valence-electron chi connectivity index (χ2n) is 7.03. The molecule has 0 spiro atoms. The maximum atomic E-state index is 12.0. The van der Waals surface area contributed by atoms with Gasteiger partial charge in [0.1, 0.15) is 5.82 Å². The fourth-order valence-electron chi connectivity index (χ4n) is 2.51. The van der Waals surface area contributed by atoms with E-state index in [2.05, 4.69) is 49.8 Å². The summed E-state index contributed by atoms with van der Waals surface area (Å²) in [7, 11) is 0. The van der Waals surface area contributed by atoms with E-state index in [1.54, 1.807) is 6.07 Å². The third kappa shape index (κ3) is 3.10. The maximum Gasteiger partial charge on any atom is 0.251 e. The number of nitrogens with zero attached hydrogens (tertiary/aromatic N) is 2. The molecule has 1 saturated heterocycles. The molecule has 0 saturated carbocycles. The fourth-order valence-corrected chi connectivity index (χ4v) is 2.51. The Hall–Kier alpha value is -1.20. The zero-order valence-electron chi connectivity index (χ0n) is 13.2. The van der Waals surface area contributed by atoms with Crippen LogP contribution >= 0.6 is 0 Å². The van der Waals surface area contributed by atoms with Crippen molar-refractivity contribution in [2.75, 3.05) is 26.2 Å². The molecular formula is C15H26N4O. The molecule has 0 bridgehead atoms. The lowest BCUT2D eigenvalue weighted by Gasteiger charge is -2.40. The largest absolute Gasteiger partial charge is 0.314 e. The second-order valence-corrected chi connectivity index (χ2v) is 7.03. The molecule has 0 radical (unpaired) electrons. The lowest BCUT2D eigenvalue weighted by molar-refractivity contribution is 0.0941. The highest BCUT2D eigenvalue weighted by Gasteiger charge is 2.33. The maximum absolute atomic E-state index is 12.0. The van der Waals surface area contributed by atoms with Gasteiger partial charge in [0.2, 0.25) is 0 Å². The van der Waals surface area contributed by atoms with Gasteiger partial charge in [-0.3, -0.25) is 9.69 Å². The summed E-state index contributed by atoms with van der Waals surface area (Å²) in [6, 6.07) is 1.61. The summed E-state index contributed by atoms with van der Waals surface area (Å²) in [6.45, 7) is 14.4. The zero-order chi connectivity index (χ0) is 15.0. The summed E-state index contributed by atoms with van der Waals surface area (Å²) in [4.78, 5) is 22.0. The normalized spacial score (nSPS) is 18.2. The van der Waals surface area contributed by atoms with Crippen LogP contribution in [0.3, 0.4) is 0 Å². The lowest BCUT2D eigenvalue weighted by Crippen LogP contribution is -2.52. The molecule has 2 heterocycles. The molecule has 1 aromatic rings. The van der Waals surface area contributed by atoms with Gasteiger partial charge in [0.15, 0.2) is 0 Å². The van der Waals surface area contributed by atoms with E-state index in [-0.39, 0.29) is 16.5 Å². The standard InChI is InChI=1S/C15H26N4O/c1-14(2,3)11-10-12(20)18-13(17-11)15(4,5)19-8-6-16-7-9-19/h10,16H,6-9H2,1-5H3,(H,17,18,20). The molecule has 0 aliphatic carbocycles. The van der Waals surface area contributed by atoms with Gasteiger partial charge in [0.05, 0.1) is 11.2 Å². The molecule has 2 N–H and O–H groups in total. The number of nitrogens with one attached hydrogen (secondary N) is 2. The zero-order valence-corrected chi connectivity index (χ0v) is 13.2. The highest BCUT2D eigenvalue weighted by molar-refractivity contribution is 5.15. The van der Waals surface area contributed by atoms with Gasteiger partial charge in [-0.25, -0.2) is 4.98 Å². The Labute approximate surface area is 120 Å². The molecular weight excluding hydrogens is 252 g/mol. The number of hydrogen-bond acceptors (Lipinski definition) is 4. The first-order chi connectivity index (χ1) is 9.21. The number of rotatable bonds is 2. The van der Waals surface area contributed by atoms with Crippen molar-refractivity contribution in [2.45, 2.75) is 45.6 Å². The van der Waals surface area contributed by atoms with Crippen LogP contribution in [0.5, 0.6) is 0 Å². The summed E-state index contributed by atoms with van der Waals surface area (Å²) >= 11 is 0. The molecule has 1 aliphatic heterocycles. The molecule has 0 unspecified atom stereocenters. The van der Waals surface area contributed by atoms with Crippen molar-refractivity contribution >= 4 is 0 Å². The van der Waals surface area contributed by atoms with E-state index in [1.165, 1.54) is 0 Å². The van der Waals surface area contributed by atoms with Crippen molar-refractivity contribution in [2.24, 2.45) is 0 Å². The first kappa shape index (κ1) is 15.2. The minimum atomic E-state index is -0.261. The van der Waals surface area contributed by atoms with Crippen molar-refractivity contribution in [3.63, 3.8) is 0 Å². The van der Waals surface area contributed by atoms with Gasteiger partial charge in [0.25, 0.3) is 5.56 Å². The van der Waals surface area contributed by atoms with E-state index in [1.807, 2.05) is 0 Å². The van der Waals surface area contributed by atoms with Crippen molar-refractivity contribution in [3.8, 4) is 0 Å². The van der Waals surface area contributed by atoms with Crippen LogP contribution in [0.4, 0.5) is 0 Å². The van der Waals surface area contributed by atoms with E-state index in [0.717, 1.165) is 37.7 Å². The van der Waals surface area contributed by atoms with Gasteiger partial charge in [-0.15, -0.1) is 0 Å². The average molecular weight is 278 g/mol. The third-order valence-corrected chi connectivity index (χ3v) is 4.00. The predicted molar refractivity (Wildman–Crippen MR) is 81.0 cm³/mol. The van der Waals surface area contributed by atoms with Crippen molar-refractivity contribution in [3.05, 3.63) is 27.9 Å². The molecule has 1 fully saturated rings. The second kappa shape index (κ2) is 5.30. The van der Waals surface area contributed by atoms with Crippen LogP contribution in [0.15, 0.2) is 10.9 Å². The first-order valence-corrected chi connectivity index (χ1v) is 7.29. The van der Waals surface area contributed by atoms with Crippen LogP contribution in [-0.4, -0.2) is 41.0 Å². The quantitative estimate of drug-likeness (QED) is 0.853. The van der Waals surface area contributed by atoms with Crippen LogP contribution in [0.2, 0.25) is 0 Å². The molecule has 0 aromatic carbocycles. The van der Waals surface area contributed by atoms with Gasteiger partial charge in [0, 0.05) is 37.7 Å². The van der Waals surface area contributed by atoms with Crippen LogP contribution in [0, 0.1) is 0 Å².